The summed E-state index contributed by atoms with van der Waals surface area (Å²) in [6, 6.07) is 12.5. The second-order valence-corrected chi connectivity index (χ2v) is 5.64. The fourth-order valence-electron chi connectivity index (χ4n) is 2.47. The highest BCUT2D eigenvalue weighted by molar-refractivity contribution is 6.59. The number of aryl methyl sites for hydroxylation is 1. The van der Waals surface area contributed by atoms with Gasteiger partial charge in [0, 0.05) is 11.3 Å². The van der Waals surface area contributed by atoms with Crippen molar-refractivity contribution in [3.8, 4) is 0 Å². The van der Waals surface area contributed by atoms with Gasteiger partial charge < -0.3 is 10.1 Å². The lowest BCUT2D eigenvalue weighted by Crippen LogP contribution is -2.04. The summed E-state index contributed by atoms with van der Waals surface area (Å²) in [6.07, 6.45) is 0. The van der Waals surface area contributed by atoms with Gasteiger partial charge in [0.2, 0.25) is 0 Å². The molecule has 0 aliphatic carbocycles. The molecule has 0 fully saturated rings. The second-order valence-electron chi connectivity index (χ2n) is 5.26. The summed E-state index contributed by atoms with van der Waals surface area (Å²) in [4.78, 5) is 24.0. The monoisotopic (exact) mass is 327 g/mol. The molecule has 0 atom stereocenters. The van der Waals surface area contributed by atoms with Gasteiger partial charge in [0.15, 0.2) is 0 Å². The van der Waals surface area contributed by atoms with E-state index in [2.05, 4.69) is 5.32 Å². The molecule has 23 heavy (non-hydrogen) atoms. The number of rotatable bonds is 2. The number of amides is 1. The molecule has 0 radical (unpaired) electrons. The predicted octanol–water partition coefficient (Wildman–Crippen LogP) is 3.84. The third-order valence-electron chi connectivity index (χ3n) is 3.71. The number of hydrogen-bond donors (Lipinski definition) is 1. The van der Waals surface area contributed by atoms with E-state index in [1.165, 1.54) is 7.11 Å². The first-order valence-electron chi connectivity index (χ1n) is 7.02. The Morgan fingerprint density at radius 2 is 1.74 bits per heavy atom. The van der Waals surface area contributed by atoms with Gasteiger partial charge in [-0.3, -0.25) is 4.79 Å². The minimum atomic E-state index is -0.460. The summed E-state index contributed by atoms with van der Waals surface area (Å²) >= 11 is 6.46. The Morgan fingerprint density at radius 3 is 2.39 bits per heavy atom. The number of esters is 1. The molecule has 116 valence electrons. The van der Waals surface area contributed by atoms with Gasteiger partial charge in [0.1, 0.15) is 0 Å². The maximum Gasteiger partial charge on any atom is 0.337 e. The first-order valence-corrected chi connectivity index (χ1v) is 7.40. The maximum absolute atomic E-state index is 12.3. The normalized spacial score (nSPS) is 15.0. The quantitative estimate of drug-likeness (QED) is 0.673. The highest BCUT2D eigenvalue weighted by atomic mass is 35.5. The fraction of sp³-hybridized carbons (Fsp3) is 0.111. The molecule has 2 aromatic rings. The summed E-state index contributed by atoms with van der Waals surface area (Å²) in [5, 5.41) is 3.11. The van der Waals surface area contributed by atoms with Gasteiger partial charge in [0.05, 0.1) is 23.3 Å². The molecule has 3 rings (SSSR count). The number of halogens is 1. The molecule has 0 bridgehead atoms. The van der Waals surface area contributed by atoms with Crippen molar-refractivity contribution >= 4 is 39.8 Å². The number of hydrogen-bond acceptors (Lipinski definition) is 3. The third kappa shape index (κ3) is 2.73. The standard InChI is InChI=1S/C18H14ClNO3/c1-10-3-5-11(6-4-10)16(19)15-13-9-12(18(22)23-2)7-8-14(13)20-17(15)21/h3-9H,1-2H3,(H,20,21)/b16-15-. The molecule has 1 amide bonds. The third-order valence-corrected chi connectivity index (χ3v) is 4.12. The molecule has 1 heterocycles. The van der Waals surface area contributed by atoms with Crippen LogP contribution in [0.25, 0.3) is 10.6 Å². The average molecular weight is 328 g/mol. The van der Waals surface area contributed by atoms with Crippen LogP contribution in [0.3, 0.4) is 0 Å². The number of ether oxygens (including phenoxy) is 1. The number of nitrogens with one attached hydrogen (secondary N) is 1. The van der Waals surface area contributed by atoms with Crippen LogP contribution < -0.4 is 5.32 Å². The molecule has 0 aromatic heterocycles. The number of fused-ring (bicyclic) bond motifs is 1. The lowest BCUT2D eigenvalue weighted by Gasteiger charge is -2.06. The van der Waals surface area contributed by atoms with Gasteiger partial charge in [-0.05, 0) is 30.7 Å². The second kappa shape index (κ2) is 5.89. The molecular formula is C18H14ClNO3. The fourth-order valence-corrected chi connectivity index (χ4v) is 2.79. The first kappa shape index (κ1) is 15.3. The summed E-state index contributed by atoms with van der Waals surface area (Å²) in [7, 11) is 1.31. The highest BCUT2D eigenvalue weighted by Crippen LogP contribution is 2.39. The Kier molecular flexibility index (Phi) is 3.92. The molecule has 4 nitrogen and oxygen atoms in total. The lowest BCUT2D eigenvalue weighted by molar-refractivity contribution is -0.110. The Bertz CT molecular complexity index is 838. The lowest BCUT2D eigenvalue weighted by atomic mass is 10.0. The zero-order valence-electron chi connectivity index (χ0n) is 12.6. The number of carbonyl (C=O) groups is 2. The van der Waals surface area contributed by atoms with Gasteiger partial charge in [-0.1, -0.05) is 41.4 Å². The van der Waals surface area contributed by atoms with E-state index in [0.717, 1.165) is 11.1 Å². The summed E-state index contributed by atoms with van der Waals surface area (Å²) in [6.45, 7) is 1.98. The minimum Gasteiger partial charge on any atom is -0.465 e. The van der Waals surface area contributed by atoms with Crippen LogP contribution in [0.4, 0.5) is 5.69 Å². The Balaban J connectivity index is 2.15. The van der Waals surface area contributed by atoms with Crippen molar-refractivity contribution < 1.29 is 14.3 Å². The summed E-state index contributed by atoms with van der Waals surface area (Å²) < 4.78 is 4.72. The molecule has 2 aromatic carbocycles. The zero-order valence-corrected chi connectivity index (χ0v) is 13.4. The van der Waals surface area contributed by atoms with E-state index >= 15 is 0 Å². The van der Waals surface area contributed by atoms with Gasteiger partial charge in [-0.15, -0.1) is 0 Å². The van der Waals surface area contributed by atoms with Crippen LogP contribution in [0.2, 0.25) is 0 Å². The van der Waals surface area contributed by atoms with Crippen LogP contribution in [-0.4, -0.2) is 19.0 Å². The molecular weight excluding hydrogens is 314 g/mol. The van der Waals surface area contributed by atoms with Crippen molar-refractivity contribution in [3.63, 3.8) is 0 Å². The molecule has 1 aliphatic heterocycles. The van der Waals surface area contributed by atoms with Crippen LogP contribution in [0.15, 0.2) is 42.5 Å². The maximum atomic E-state index is 12.3. The zero-order chi connectivity index (χ0) is 16.6. The summed E-state index contributed by atoms with van der Waals surface area (Å²) in [5.74, 6) is -0.745. The topological polar surface area (TPSA) is 55.4 Å². The largest absolute Gasteiger partial charge is 0.465 e. The van der Waals surface area contributed by atoms with E-state index in [1.54, 1.807) is 18.2 Å². The van der Waals surface area contributed by atoms with Gasteiger partial charge in [-0.25, -0.2) is 4.79 Å². The Labute approximate surface area is 138 Å². The smallest absolute Gasteiger partial charge is 0.337 e. The number of anilines is 1. The van der Waals surface area contributed by atoms with Gasteiger partial charge >= 0.3 is 5.97 Å². The Morgan fingerprint density at radius 1 is 1.09 bits per heavy atom. The van der Waals surface area contributed by atoms with Crippen LogP contribution in [-0.2, 0) is 9.53 Å². The molecule has 1 N–H and O–H groups in total. The Hall–Kier alpha value is -2.59. The van der Waals surface area contributed by atoms with Crippen molar-refractivity contribution in [1.82, 2.24) is 0 Å². The average Bonchev–Trinajstić information content (AvgIpc) is 2.89. The van der Waals surface area contributed by atoms with E-state index in [4.69, 9.17) is 16.3 Å². The van der Waals surface area contributed by atoms with Crippen LogP contribution in [0.1, 0.15) is 27.0 Å². The van der Waals surface area contributed by atoms with E-state index in [0.29, 0.717) is 27.4 Å². The van der Waals surface area contributed by atoms with Crippen LogP contribution >= 0.6 is 11.6 Å². The van der Waals surface area contributed by atoms with E-state index < -0.39 is 5.97 Å². The predicted molar refractivity (Wildman–Crippen MR) is 90.3 cm³/mol. The molecule has 5 heteroatoms. The van der Waals surface area contributed by atoms with Crippen molar-refractivity contribution in [2.45, 2.75) is 6.92 Å². The first-order chi connectivity index (χ1) is 11.0. The molecule has 0 unspecified atom stereocenters. The number of benzene rings is 2. The number of methoxy groups -OCH3 is 1. The van der Waals surface area contributed by atoms with E-state index in [-0.39, 0.29) is 5.91 Å². The SMILES string of the molecule is COC(=O)c1ccc2c(c1)/C(=C(/Cl)c1ccc(C)cc1)C(=O)N2. The minimum absolute atomic E-state index is 0.285. The van der Waals surface area contributed by atoms with Gasteiger partial charge in [0.25, 0.3) is 5.91 Å². The van der Waals surface area contributed by atoms with E-state index in [1.807, 2.05) is 31.2 Å². The number of carbonyl (C=O) groups excluding carboxylic acids is 2. The van der Waals surface area contributed by atoms with Crippen LogP contribution in [0, 0.1) is 6.92 Å². The van der Waals surface area contributed by atoms with Crippen molar-refractivity contribution in [2.24, 2.45) is 0 Å². The molecule has 0 saturated carbocycles. The highest BCUT2D eigenvalue weighted by Gasteiger charge is 2.28. The van der Waals surface area contributed by atoms with E-state index in [9.17, 15) is 9.59 Å². The van der Waals surface area contributed by atoms with Gasteiger partial charge in [-0.2, -0.15) is 0 Å². The molecule has 0 spiro atoms. The van der Waals surface area contributed by atoms with Crippen LogP contribution in [0.5, 0.6) is 0 Å². The van der Waals surface area contributed by atoms with Crippen molar-refractivity contribution in [3.05, 3.63) is 64.7 Å². The molecule has 0 saturated heterocycles. The van der Waals surface area contributed by atoms with Crippen molar-refractivity contribution in [2.75, 3.05) is 12.4 Å². The van der Waals surface area contributed by atoms with Crippen molar-refractivity contribution in [1.29, 1.82) is 0 Å². The summed E-state index contributed by atoms with van der Waals surface area (Å²) in [5.41, 5.74) is 3.81. The molecule has 1 aliphatic rings.